The predicted molar refractivity (Wildman–Crippen MR) is 82.4 cm³/mol. The van der Waals surface area contributed by atoms with E-state index in [1.165, 1.54) is 12.1 Å². The Labute approximate surface area is 136 Å². The van der Waals surface area contributed by atoms with Gasteiger partial charge in [-0.3, -0.25) is 9.59 Å². The minimum absolute atomic E-state index is 0.0549. The van der Waals surface area contributed by atoms with Crippen LogP contribution in [-0.2, 0) is 15.8 Å². The largest absolute Gasteiger partial charge is 0.481 e. The van der Waals surface area contributed by atoms with Crippen molar-refractivity contribution >= 4 is 23.6 Å². The van der Waals surface area contributed by atoms with E-state index in [4.69, 9.17) is 5.11 Å². The lowest BCUT2D eigenvalue weighted by Gasteiger charge is -2.17. The number of aliphatic carboxylic acids is 1. The van der Waals surface area contributed by atoms with Crippen LogP contribution in [0.1, 0.15) is 30.4 Å². The highest BCUT2D eigenvalue weighted by Gasteiger charge is 2.31. The first-order valence-electron chi connectivity index (χ1n) is 7.00. The fraction of sp³-hybridized carbons (Fsp3) is 0.467. The molecule has 1 rings (SSSR count). The Balaban J connectivity index is 2.65. The lowest BCUT2D eigenvalue weighted by Crippen LogP contribution is -2.31. The number of alkyl halides is 3. The molecule has 1 aromatic rings. The summed E-state index contributed by atoms with van der Waals surface area (Å²) >= 11 is 1.16. The summed E-state index contributed by atoms with van der Waals surface area (Å²) in [4.78, 5) is 22.5. The zero-order chi connectivity index (χ0) is 17.5. The molecule has 8 heteroatoms. The van der Waals surface area contributed by atoms with Crippen LogP contribution in [0.4, 0.5) is 13.2 Å². The summed E-state index contributed by atoms with van der Waals surface area (Å²) in [7, 11) is 0. The number of carboxylic acids is 1. The highest BCUT2D eigenvalue weighted by atomic mass is 32.2. The van der Waals surface area contributed by atoms with E-state index >= 15 is 0 Å². The first-order valence-corrected chi connectivity index (χ1v) is 8.15. The molecule has 1 atom stereocenters. The summed E-state index contributed by atoms with van der Waals surface area (Å²) in [6.07, 6.45) is -4.08. The Bertz CT molecular complexity index is 549. The molecular formula is C15H18F3NO3S. The van der Waals surface area contributed by atoms with Crippen molar-refractivity contribution in [2.24, 2.45) is 0 Å². The molecule has 0 aliphatic carbocycles. The Hall–Kier alpha value is -1.70. The van der Waals surface area contributed by atoms with E-state index in [1.807, 2.05) is 0 Å². The van der Waals surface area contributed by atoms with Crippen LogP contribution < -0.4 is 5.32 Å². The zero-order valence-corrected chi connectivity index (χ0v) is 13.3. The number of hydrogen-bond donors (Lipinski definition) is 2. The highest BCUT2D eigenvalue weighted by molar-refractivity contribution is 7.99. The smallest absolute Gasteiger partial charge is 0.416 e. The molecule has 0 saturated heterocycles. The van der Waals surface area contributed by atoms with Crippen LogP contribution in [0.15, 0.2) is 24.3 Å². The van der Waals surface area contributed by atoms with E-state index in [0.29, 0.717) is 17.7 Å². The molecule has 0 radical (unpaired) electrons. The number of carbonyl (C=O) groups excluding carboxylic acids is 1. The van der Waals surface area contributed by atoms with Crippen LogP contribution in [0.2, 0.25) is 0 Å². The third-order valence-corrected chi connectivity index (χ3v) is 4.06. The summed E-state index contributed by atoms with van der Waals surface area (Å²) in [5.74, 6) is -1.58. The Morgan fingerprint density at radius 2 is 2.04 bits per heavy atom. The molecule has 1 unspecified atom stereocenters. The number of thioether (sulfide) groups is 1. The second-order valence-corrected chi connectivity index (χ2v) is 5.93. The second-order valence-electron chi connectivity index (χ2n) is 4.82. The molecule has 0 aliphatic rings. The average molecular weight is 349 g/mol. The van der Waals surface area contributed by atoms with Crippen molar-refractivity contribution in [1.29, 1.82) is 0 Å². The molecule has 0 heterocycles. The minimum atomic E-state index is -4.45. The lowest BCUT2D eigenvalue weighted by molar-refractivity contribution is -0.138. The van der Waals surface area contributed by atoms with Crippen molar-refractivity contribution < 1.29 is 27.9 Å². The lowest BCUT2D eigenvalue weighted by atomic mass is 9.94. The molecule has 0 saturated carbocycles. The molecule has 0 spiro atoms. The van der Waals surface area contributed by atoms with Crippen molar-refractivity contribution in [2.75, 3.05) is 18.1 Å². The molecule has 128 valence electrons. The number of halogens is 3. The van der Waals surface area contributed by atoms with E-state index in [1.54, 1.807) is 6.92 Å². The normalized spacial score (nSPS) is 12.7. The number of benzene rings is 1. The first-order chi connectivity index (χ1) is 10.8. The second kappa shape index (κ2) is 8.81. The van der Waals surface area contributed by atoms with Crippen molar-refractivity contribution in [1.82, 2.24) is 5.32 Å². The standard InChI is InChI=1S/C15H18F3NO3S/c1-2-12(14(22)19-6-7-23-9-13(20)21)10-4-3-5-11(8-10)15(16,17)18/h3-5,8,12H,2,6-7,9H2,1H3,(H,19,22)(H,20,21). The van der Waals surface area contributed by atoms with Crippen molar-refractivity contribution in [3.05, 3.63) is 35.4 Å². The van der Waals surface area contributed by atoms with Crippen LogP contribution in [0.3, 0.4) is 0 Å². The Kier molecular flexibility index (Phi) is 7.41. The Morgan fingerprint density at radius 3 is 2.61 bits per heavy atom. The van der Waals surface area contributed by atoms with E-state index in [-0.39, 0.29) is 18.2 Å². The molecule has 23 heavy (non-hydrogen) atoms. The molecule has 4 nitrogen and oxygen atoms in total. The first kappa shape index (κ1) is 19.3. The molecular weight excluding hydrogens is 331 g/mol. The molecule has 2 N–H and O–H groups in total. The molecule has 0 aromatic heterocycles. The van der Waals surface area contributed by atoms with Gasteiger partial charge in [0.1, 0.15) is 0 Å². The molecule has 1 aromatic carbocycles. The van der Waals surface area contributed by atoms with Crippen LogP contribution in [0.25, 0.3) is 0 Å². The summed E-state index contributed by atoms with van der Waals surface area (Å²) in [5, 5.41) is 11.1. The fourth-order valence-electron chi connectivity index (χ4n) is 2.03. The summed E-state index contributed by atoms with van der Waals surface area (Å²) in [6.45, 7) is 2.00. The van der Waals surface area contributed by atoms with Gasteiger partial charge in [0.05, 0.1) is 17.2 Å². The molecule has 1 amide bonds. The molecule has 0 fully saturated rings. The molecule has 0 aliphatic heterocycles. The number of hydrogen-bond acceptors (Lipinski definition) is 3. The van der Waals surface area contributed by atoms with Crippen LogP contribution in [-0.4, -0.2) is 35.0 Å². The van der Waals surface area contributed by atoms with Gasteiger partial charge in [0.15, 0.2) is 0 Å². The van der Waals surface area contributed by atoms with Crippen LogP contribution >= 0.6 is 11.8 Å². The number of carboxylic acid groups (broad SMARTS) is 1. The highest BCUT2D eigenvalue weighted by Crippen LogP contribution is 2.31. The maximum Gasteiger partial charge on any atom is 0.416 e. The van der Waals surface area contributed by atoms with Gasteiger partial charge in [-0.25, -0.2) is 0 Å². The minimum Gasteiger partial charge on any atom is -0.481 e. The van der Waals surface area contributed by atoms with Gasteiger partial charge in [-0.05, 0) is 18.1 Å². The van der Waals surface area contributed by atoms with Crippen LogP contribution in [0.5, 0.6) is 0 Å². The van der Waals surface area contributed by atoms with E-state index in [9.17, 15) is 22.8 Å². The third-order valence-electron chi connectivity index (χ3n) is 3.11. The quantitative estimate of drug-likeness (QED) is 0.708. The van der Waals surface area contributed by atoms with Gasteiger partial charge >= 0.3 is 12.1 Å². The van der Waals surface area contributed by atoms with Gasteiger partial charge in [0, 0.05) is 12.3 Å². The number of nitrogens with one attached hydrogen (secondary N) is 1. The zero-order valence-electron chi connectivity index (χ0n) is 12.5. The maximum absolute atomic E-state index is 12.7. The summed E-state index contributed by atoms with van der Waals surface area (Å²) < 4.78 is 38.2. The van der Waals surface area contributed by atoms with Gasteiger partial charge in [-0.1, -0.05) is 25.1 Å². The fourth-order valence-corrected chi connectivity index (χ4v) is 2.60. The van der Waals surface area contributed by atoms with E-state index in [0.717, 1.165) is 23.9 Å². The summed E-state index contributed by atoms with van der Waals surface area (Å²) in [6, 6.07) is 4.75. The van der Waals surface area contributed by atoms with Gasteiger partial charge < -0.3 is 10.4 Å². The van der Waals surface area contributed by atoms with Gasteiger partial charge in [-0.2, -0.15) is 13.2 Å². The molecule has 0 bridgehead atoms. The van der Waals surface area contributed by atoms with E-state index in [2.05, 4.69) is 5.32 Å². The van der Waals surface area contributed by atoms with Gasteiger partial charge in [-0.15, -0.1) is 11.8 Å². The number of amides is 1. The number of rotatable bonds is 8. The van der Waals surface area contributed by atoms with Crippen molar-refractivity contribution in [3.8, 4) is 0 Å². The SMILES string of the molecule is CCC(C(=O)NCCSCC(=O)O)c1cccc(C(F)(F)F)c1. The Morgan fingerprint density at radius 1 is 1.35 bits per heavy atom. The number of carbonyl (C=O) groups is 2. The van der Waals surface area contributed by atoms with Gasteiger partial charge in [0.2, 0.25) is 5.91 Å². The summed E-state index contributed by atoms with van der Waals surface area (Å²) in [5.41, 5.74) is -0.462. The monoisotopic (exact) mass is 349 g/mol. The maximum atomic E-state index is 12.7. The van der Waals surface area contributed by atoms with E-state index < -0.39 is 23.6 Å². The van der Waals surface area contributed by atoms with Gasteiger partial charge in [0.25, 0.3) is 0 Å². The van der Waals surface area contributed by atoms with Crippen LogP contribution in [0, 0.1) is 0 Å². The third kappa shape index (κ3) is 6.52. The topological polar surface area (TPSA) is 66.4 Å². The van der Waals surface area contributed by atoms with Crippen molar-refractivity contribution in [3.63, 3.8) is 0 Å². The van der Waals surface area contributed by atoms with Crippen molar-refractivity contribution in [2.45, 2.75) is 25.4 Å². The predicted octanol–water partition coefficient (Wildman–Crippen LogP) is 3.13. The average Bonchev–Trinajstić information content (AvgIpc) is 2.47.